The number of fused-ring (bicyclic) bond motifs is 5. The summed E-state index contributed by atoms with van der Waals surface area (Å²) in [6.45, 7) is 0. The van der Waals surface area contributed by atoms with Gasteiger partial charge < -0.3 is 9.32 Å². The molecule has 216 valence electrons. The van der Waals surface area contributed by atoms with Crippen LogP contribution in [-0.2, 0) is 0 Å². The number of anilines is 3. The summed E-state index contributed by atoms with van der Waals surface area (Å²) in [6, 6.07) is 56.0. The predicted octanol–water partition coefficient (Wildman–Crippen LogP) is 12.1. The van der Waals surface area contributed by atoms with E-state index in [1.54, 1.807) is 0 Å². The first-order chi connectivity index (χ1) is 22.8. The van der Waals surface area contributed by atoms with Gasteiger partial charge >= 0.3 is 0 Å². The van der Waals surface area contributed by atoms with Crippen LogP contribution in [0.2, 0.25) is 0 Å². The second-order valence-corrected chi connectivity index (χ2v) is 11.7. The zero-order valence-electron chi connectivity index (χ0n) is 25.0. The van der Waals surface area contributed by atoms with E-state index in [0.29, 0.717) is 0 Å². The van der Waals surface area contributed by atoms with Crippen LogP contribution in [0.15, 0.2) is 175 Å². The van der Waals surface area contributed by atoms with E-state index in [4.69, 9.17) is 9.40 Å². The molecule has 0 aliphatic heterocycles. The molecule has 0 spiro atoms. The van der Waals surface area contributed by atoms with Crippen LogP contribution in [0.25, 0.3) is 65.7 Å². The van der Waals surface area contributed by atoms with E-state index >= 15 is 0 Å². The fraction of sp³-hybridized carbons (Fsp3) is 0. The van der Waals surface area contributed by atoms with E-state index < -0.39 is 0 Å². The van der Waals surface area contributed by atoms with Gasteiger partial charge in [-0.15, -0.1) is 0 Å². The maximum atomic E-state index is 6.44. The van der Waals surface area contributed by atoms with Gasteiger partial charge in [-0.2, -0.15) is 0 Å². The second kappa shape index (κ2) is 10.8. The third-order valence-corrected chi connectivity index (χ3v) is 8.91. The van der Waals surface area contributed by atoms with Gasteiger partial charge in [-0.25, -0.2) is 0 Å². The van der Waals surface area contributed by atoms with Crippen LogP contribution in [-0.4, -0.2) is 4.98 Å². The Labute approximate surface area is 266 Å². The lowest BCUT2D eigenvalue weighted by Gasteiger charge is -2.26. The average Bonchev–Trinajstić information content (AvgIpc) is 3.49. The summed E-state index contributed by atoms with van der Waals surface area (Å²) in [5, 5.41) is 6.93. The molecule has 7 aromatic carbocycles. The maximum absolute atomic E-state index is 6.44. The number of aromatic nitrogens is 1. The van der Waals surface area contributed by atoms with Crippen LogP contribution >= 0.6 is 0 Å². The molecule has 3 nitrogen and oxygen atoms in total. The molecule has 0 saturated heterocycles. The highest BCUT2D eigenvalue weighted by atomic mass is 16.3. The molecule has 0 atom stereocenters. The molecule has 0 amide bonds. The number of pyridine rings is 1. The van der Waals surface area contributed by atoms with Gasteiger partial charge in [0.2, 0.25) is 0 Å². The Kier molecular flexibility index (Phi) is 6.14. The second-order valence-electron chi connectivity index (χ2n) is 11.7. The third kappa shape index (κ3) is 4.41. The van der Waals surface area contributed by atoms with Crippen molar-refractivity contribution in [3.63, 3.8) is 0 Å². The summed E-state index contributed by atoms with van der Waals surface area (Å²) in [5.41, 5.74) is 9.39. The number of nitrogens with zero attached hydrogens (tertiary/aromatic N) is 2. The monoisotopic (exact) mass is 588 g/mol. The summed E-state index contributed by atoms with van der Waals surface area (Å²) in [5.74, 6) is 0. The minimum Gasteiger partial charge on any atom is -0.454 e. The number of benzene rings is 7. The molecule has 2 heterocycles. The number of hydrogen-bond donors (Lipinski definition) is 0. The summed E-state index contributed by atoms with van der Waals surface area (Å²) < 4.78 is 6.44. The van der Waals surface area contributed by atoms with Crippen LogP contribution < -0.4 is 4.90 Å². The van der Waals surface area contributed by atoms with E-state index in [9.17, 15) is 0 Å². The van der Waals surface area contributed by atoms with Crippen molar-refractivity contribution in [3.8, 4) is 22.3 Å². The average molecular weight is 589 g/mol. The van der Waals surface area contributed by atoms with Gasteiger partial charge in [0.1, 0.15) is 5.58 Å². The van der Waals surface area contributed by atoms with Crippen molar-refractivity contribution in [1.29, 1.82) is 0 Å². The van der Waals surface area contributed by atoms with Crippen molar-refractivity contribution in [2.24, 2.45) is 0 Å². The van der Waals surface area contributed by atoms with Gasteiger partial charge in [-0.05, 0) is 80.2 Å². The molecule has 0 N–H and O–H groups in total. The quantitative estimate of drug-likeness (QED) is 0.200. The molecule has 0 unspecified atom stereocenters. The van der Waals surface area contributed by atoms with E-state index in [1.807, 2.05) is 12.4 Å². The molecule has 3 heteroatoms. The Bertz CT molecular complexity index is 2530. The van der Waals surface area contributed by atoms with Crippen molar-refractivity contribution >= 4 is 60.5 Å². The summed E-state index contributed by atoms with van der Waals surface area (Å²) >= 11 is 0. The molecular formula is C43H28N2O. The van der Waals surface area contributed by atoms with Crippen LogP contribution in [0.4, 0.5) is 17.1 Å². The van der Waals surface area contributed by atoms with E-state index in [0.717, 1.165) is 50.0 Å². The molecule has 0 aliphatic rings. The number of furan rings is 1. The SMILES string of the molecule is c1ccc(-c2cccc(N(c3ccc(-c4cccc5ccccc45)cc3)c3cncc4oc5cc6ccccc6cc5c34)c2)cc1. The van der Waals surface area contributed by atoms with Crippen molar-refractivity contribution in [1.82, 2.24) is 4.98 Å². The molecule has 0 aliphatic carbocycles. The minimum absolute atomic E-state index is 0.763. The molecule has 0 bridgehead atoms. The summed E-state index contributed by atoms with van der Waals surface area (Å²) in [6.07, 6.45) is 3.78. The van der Waals surface area contributed by atoms with Gasteiger partial charge in [-0.1, -0.05) is 121 Å². The van der Waals surface area contributed by atoms with Gasteiger partial charge in [0.25, 0.3) is 0 Å². The first-order valence-corrected chi connectivity index (χ1v) is 15.5. The van der Waals surface area contributed by atoms with Crippen LogP contribution in [0.5, 0.6) is 0 Å². The molecule has 9 rings (SSSR count). The maximum Gasteiger partial charge on any atom is 0.155 e. The highest BCUT2D eigenvalue weighted by Gasteiger charge is 2.21. The fourth-order valence-corrected chi connectivity index (χ4v) is 6.72. The predicted molar refractivity (Wildman–Crippen MR) is 192 cm³/mol. The molecule has 0 fully saturated rings. The van der Waals surface area contributed by atoms with E-state index in [-0.39, 0.29) is 0 Å². The molecule has 46 heavy (non-hydrogen) atoms. The Balaban J connectivity index is 1.26. The summed E-state index contributed by atoms with van der Waals surface area (Å²) in [4.78, 5) is 7.00. The third-order valence-electron chi connectivity index (χ3n) is 8.91. The Morgan fingerprint density at radius 3 is 1.98 bits per heavy atom. The molecular weight excluding hydrogens is 560 g/mol. The zero-order chi connectivity index (χ0) is 30.5. The lowest BCUT2D eigenvalue weighted by atomic mass is 9.98. The fourth-order valence-electron chi connectivity index (χ4n) is 6.72. The standard InChI is InChI=1S/C43H28N2O/c1-2-10-29(11-3-1)32-16-8-17-36(24-32)45(35-22-20-31(21-23-35)38-19-9-15-30-12-6-7-18-37(30)38)40-27-44-28-42-43(40)39-25-33-13-4-5-14-34(33)26-41(39)46-42/h1-28H. The number of rotatable bonds is 5. The van der Waals surface area contributed by atoms with Gasteiger partial charge in [-0.3, -0.25) is 4.98 Å². The topological polar surface area (TPSA) is 29.3 Å². The van der Waals surface area contributed by atoms with Crippen molar-refractivity contribution in [2.45, 2.75) is 0 Å². The first kappa shape index (κ1) is 26.2. The van der Waals surface area contributed by atoms with Crippen LogP contribution in [0.3, 0.4) is 0 Å². The van der Waals surface area contributed by atoms with E-state index in [1.165, 1.54) is 32.8 Å². The van der Waals surface area contributed by atoms with Gasteiger partial charge in [0.05, 0.1) is 23.5 Å². The highest BCUT2D eigenvalue weighted by Crippen LogP contribution is 2.44. The van der Waals surface area contributed by atoms with Gasteiger partial charge in [0.15, 0.2) is 5.58 Å². The van der Waals surface area contributed by atoms with Crippen molar-refractivity contribution in [2.75, 3.05) is 4.90 Å². The highest BCUT2D eigenvalue weighted by molar-refractivity contribution is 6.16. The molecule has 0 radical (unpaired) electrons. The molecule has 2 aromatic heterocycles. The summed E-state index contributed by atoms with van der Waals surface area (Å²) in [7, 11) is 0. The van der Waals surface area contributed by atoms with Gasteiger partial charge in [0, 0.05) is 16.8 Å². The lowest BCUT2D eigenvalue weighted by molar-refractivity contribution is 0.667. The van der Waals surface area contributed by atoms with Crippen LogP contribution in [0.1, 0.15) is 0 Å². The molecule has 9 aromatic rings. The smallest absolute Gasteiger partial charge is 0.155 e. The van der Waals surface area contributed by atoms with Crippen molar-refractivity contribution < 1.29 is 4.42 Å². The largest absolute Gasteiger partial charge is 0.454 e. The zero-order valence-corrected chi connectivity index (χ0v) is 25.0. The van der Waals surface area contributed by atoms with E-state index in [2.05, 4.69) is 163 Å². The first-order valence-electron chi connectivity index (χ1n) is 15.5. The Hall–Kier alpha value is -6.19. The molecule has 0 saturated carbocycles. The Morgan fingerprint density at radius 1 is 0.435 bits per heavy atom. The Morgan fingerprint density at radius 2 is 1.13 bits per heavy atom. The number of hydrogen-bond acceptors (Lipinski definition) is 3. The normalized spacial score (nSPS) is 11.5. The lowest BCUT2D eigenvalue weighted by Crippen LogP contribution is -2.10. The van der Waals surface area contributed by atoms with Crippen molar-refractivity contribution in [3.05, 3.63) is 170 Å². The minimum atomic E-state index is 0.763. The van der Waals surface area contributed by atoms with Crippen LogP contribution in [0, 0.1) is 0 Å².